The predicted molar refractivity (Wildman–Crippen MR) is 106 cm³/mol. The molecule has 128 valence electrons. The van der Waals surface area contributed by atoms with Gasteiger partial charge in [-0.25, -0.2) is 0 Å². The van der Waals surface area contributed by atoms with E-state index in [1.807, 2.05) is 0 Å². The molecule has 24 heavy (non-hydrogen) atoms. The highest BCUT2D eigenvalue weighted by molar-refractivity contribution is 9.12. The molecule has 1 fully saturated rings. The molecule has 4 rings (SSSR count). The summed E-state index contributed by atoms with van der Waals surface area (Å²) in [4.78, 5) is 2.65. The molecule has 0 radical (unpaired) electrons. The van der Waals surface area contributed by atoms with Crippen molar-refractivity contribution in [2.45, 2.75) is 31.8 Å². The second kappa shape index (κ2) is 6.94. The Balaban J connectivity index is 1.83. The van der Waals surface area contributed by atoms with Gasteiger partial charge in [0.05, 0.1) is 12.1 Å². The Morgan fingerprint density at radius 2 is 1.92 bits per heavy atom. The summed E-state index contributed by atoms with van der Waals surface area (Å²) < 4.78 is 2.41. The van der Waals surface area contributed by atoms with Gasteiger partial charge in [0.2, 0.25) is 0 Å². The van der Waals surface area contributed by atoms with Crippen molar-refractivity contribution in [1.29, 1.82) is 0 Å². The standard InChI is InChI=1S/C19H23Br2N3/c1-12-8-13-2-3-14-10-15(20)11-23-18(14)19(17(13)16(21)9-12)24-6-4-22-5-7-24/h8-11,18-19,22-23H,2-7H2,1H3. The van der Waals surface area contributed by atoms with Crippen LogP contribution >= 0.6 is 31.9 Å². The molecule has 5 heteroatoms. The zero-order chi connectivity index (χ0) is 16.7. The van der Waals surface area contributed by atoms with Crippen LogP contribution in [0.2, 0.25) is 0 Å². The smallest absolute Gasteiger partial charge is 0.0670 e. The normalized spacial score (nSPS) is 27.3. The molecule has 1 aliphatic carbocycles. The number of halogens is 2. The van der Waals surface area contributed by atoms with Gasteiger partial charge in [0.25, 0.3) is 0 Å². The first kappa shape index (κ1) is 16.8. The number of allylic oxidation sites excluding steroid dienone is 2. The molecule has 3 aliphatic rings. The summed E-state index contributed by atoms with van der Waals surface area (Å²) in [5.74, 6) is 0. The lowest BCUT2D eigenvalue weighted by molar-refractivity contribution is 0.152. The maximum atomic E-state index is 3.89. The third-order valence-corrected chi connectivity index (χ3v) is 6.44. The molecule has 2 heterocycles. The molecular weight excluding hydrogens is 430 g/mol. The fourth-order valence-electron chi connectivity index (χ4n) is 4.27. The quantitative estimate of drug-likeness (QED) is 0.678. The van der Waals surface area contributed by atoms with Crippen molar-refractivity contribution in [3.8, 4) is 0 Å². The molecule has 0 aromatic heterocycles. The Kier molecular flexibility index (Phi) is 4.87. The van der Waals surface area contributed by atoms with Gasteiger partial charge in [0.1, 0.15) is 0 Å². The molecule has 0 amide bonds. The molecule has 0 saturated carbocycles. The van der Waals surface area contributed by atoms with E-state index >= 15 is 0 Å². The molecule has 1 saturated heterocycles. The molecule has 2 unspecified atom stereocenters. The van der Waals surface area contributed by atoms with Crippen LogP contribution < -0.4 is 10.6 Å². The number of piperazine rings is 1. The molecule has 2 N–H and O–H groups in total. The van der Waals surface area contributed by atoms with Gasteiger partial charge in [0.15, 0.2) is 0 Å². The van der Waals surface area contributed by atoms with E-state index in [0.717, 1.165) is 43.5 Å². The Morgan fingerprint density at radius 3 is 2.71 bits per heavy atom. The number of nitrogens with one attached hydrogen (secondary N) is 2. The molecule has 3 nitrogen and oxygen atoms in total. The topological polar surface area (TPSA) is 27.3 Å². The Bertz CT molecular complexity index is 705. The number of nitrogens with zero attached hydrogens (tertiary/aromatic N) is 1. The van der Waals surface area contributed by atoms with Gasteiger partial charge in [-0.2, -0.15) is 0 Å². The average molecular weight is 453 g/mol. The van der Waals surface area contributed by atoms with Crippen LogP contribution in [0.1, 0.15) is 29.2 Å². The van der Waals surface area contributed by atoms with E-state index in [1.165, 1.54) is 26.7 Å². The summed E-state index contributed by atoms with van der Waals surface area (Å²) in [5, 5.41) is 7.17. The van der Waals surface area contributed by atoms with Gasteiger partial charge in [0, 0.05) is 41.3 Å². The maximum absolute atomic E-state index is 3.89. The van der Waals surface area contributed by atoms with Crippen LogP contribution in [0, 0.1) is 6.92 Å². The van der Waals surface area contributed by atoms with Gasteiger partial charge in [-0.15, -0.1) is 0 Å². The van der Waals surface area contributed by atoms with Gasteiger partial charge < -0.3 is 10.6 Å². The summed E-state index contributed by atoms with van der Waals surface area (Å²) in [6.45, 7) is 6.53. The van der Waals surface area contributed by atoms with Crippen LogP contribution in [-0.4, -0.2) is 37.1 Å². The minimum Gasteiger partial charge on any atom is -0.382 e. The lowest BCUT2D eigenvalue weighted by Gasteiger charge is -2.41. The van der Waals surface area contributed by atoms with E-state index in [0.29, 0.717) is 12.1 Å². The first-order valence-electron chi connectivity index (χ1n) is 8.69. The fourth-order valence-corrected chi connectivity index (χ4v) is 5.55. The van der Waals surface area contributed by atoms with E-state index in [2.05, 4.69) is 78.7 Å². The Hall–Kier alpha value is -0.620. The molecule has 1 aromatic rings. The van der Waals surface area contributed by atoms with Crippen molar-refractivity contribution >= 4 is 31.9 Å². The monoisotopic (exact) mass is 451 g/mol. The first-order valence-corrected chi connectivity index (χ1v) is 10.3. The summed E-state index contributed by atoms with van der Waals surface area (Å²) in [5.41, 5.74) is 5.83. The molecule has 1 aromatic carbocycles. The fraction of sp³-hybridized carbons (Fsp3) is 0.474. The van der Waals surface area contributed by atoms with Crippen molar-refractivity contribution in [2.24, 2.45) is 0 Å². The Labute approximate surface area is 160 Å². The minimum atomic E-state index is 0.352. The van der Waals surface area contributed by atoms with Gasteiger partial charge in [-0.05, 0) is 70.1 Å². The van der Waals surface area contributed by atoms with Crippen LogP contribution in [0.5, 0.6) is 0 Å². The van der Waals surface area contributed by atoms with Crippen molar-refractivity contribution in [3.63, 3.8) is 0 Å². The number of rotatable bonds is 1. The predicted octanol–water partition coefficient (Wildman–Crippen LogP) is 3.78. The molecule has 2 atom stereocenters. The number of benzene rings is 1. The SMILES string of the molecule is Cc1cc(Br)c2c(c1)CCC1=CC(Br)=CNC1C2N1CCNCC1. The van der Waals surface area contributed by atoms with E-state index in [1.54, 1.807) is 0 Å². The van der Waals surface area contributed by atoms with Gasteiger partial charge >= 0.3 is 0 Å². The van der Waals surface area contributed by atoms with Crippen molar-refractivity contribution in [1.82, 2.24) is 15.5 Å². The van der Waals surface area contributed by atoms with Crippen molar-refractivity contribution in [3.05, 3.63) is 55.6 Å². The second-order valence-electron chi connectivity index (χ2n) is 6.94. The lowest BCUT2D eigenvalue weighted by Crippen LogP contribution is -2.51. The van der Waals surface area contributed by atoms with Crippen LogP contribution in [0.15, 0.2) is 38.9 Å². The highest BCUT2D eigenvalue weighted by Crippen LogP contribution is 2.42. The zero-order valence-electron chi connectivity index (χ0n) is 13.9. The van der Waals surface area contributed by atoms with Crippen molar-refractivity contribution in [2.75, 3.05) is 26.2 Å². The third kappa shape index (κ3) is 3.12. The molecule has 0 spiro atoms. The molecule has 2 aliphatic heterocycles. The molecule has 0 bridgehead atoms. The van der Waals surface area contributed by atoms with E-state index in [-0.39, 0.29) is 0 Å². The van der Waals surface area contributed by atoms with Crippen LogP contribution in [0.25, 0.3) is 0 Å². The Morgan fingerprint density at radius 1 is 1.12 bits per heavy atom. The number of aryl methyl sites for hydroxylation is 2. The summed E-state index contributed by atoms with van der Waals surface area (Å²) >= 11 is 7.53. The van der Waals surface area contributed by atoms with Gasteiger partial charge in [-0.1, -0.05) is 22.0 Å². The van der Waals surface area contributed by atoms with E-state index in [4.69, 9.17) is 0 Å². The summed E-state index contributed by atoms with van der Waals surface area (Å²) in [6.07, 6.45) is 6.66. The summed E-state index contributed by atoms with van der Waals surface area (Å²) in [6, 6.07) is 5.39. The maximum Gasteiger partial charge on any atom is 0.0670 e. The highest BCUT2D eigenvalue weighted by Gasteiger charge is 2.37. The number of fused-ring (bicyclic) bond motifs is 2. The van der Waals surface area contributed by atoms with Crippen molar-refractivity contribution < 1.29 is 0 Å². The van der Waals surface area contributed by atoms with Crippen LogP contribution in [0.3, 0.4) is 0 Å². The number of hydrogen-bond acceptors (Lipinski definition) is 3. The average Bonchev–Trinajstić information content (AvgIpc) is 2.72. The van der Waals surface area contributed by atoms with Crippen LogP contribution in [-0.2, 0) is 6.42 Å². The van der Waals surface area contributed by atoms with Crippen LogP contribution in [0.4, 0.5) is 0 Å². The third-order valence-electron chi connectivity index (χ3n) is 5.32. The summed E-state index contributed by atoms with van der Waals surface area (Å²) in [7, 11) is 0. The first-order chi connectivity index (χ1) is 11.6. The minimum absolute atomic E-state index is 0.352. The lowest BCUT2D eigenvalue weighted by atomic mass is 9.90. The highest BCUT2D eigenvalue weighted by atomic mass is 79.9. The zero-order valence-corrected chi connectivity index (χ0v) is 17.1. The molecular formula is C19H23Br2N3. The number of hydrogen-bond donors (Lipinski definition) is 2. The second-order valence-corrected chi connectivity index (χ2v) is 8.71. The van der Waals surface area contributed by atoms with E-state index < -0.39 is 0 Å². The van der Waals surface area contributed by atoms with E-state index in [9.17, 15) is 0 Å². The number of dihydropyridines is 1. The largest absolute Gasteiger partial charge is 0.382 e. The van der Waals surface area contributed by atoms with Gasteiger partial charge in [-0.3, -0.25) is 4.90 Å².